The summed E-state index contributed by atoms with van der Waals surface area (Å²) in [6.07, 6.45) is 0.343. The van der Waals surface area contributed by atoms with Crippen LogP contribution < -0.4 is 21.7 Å². The Morgan fingerprint density at radius 2 is 1.46 bits per heavy atom. The first-order valence-corrected chi connectivity index (χ1v) is 11.2. The van der Waals surface area contributed by atoms with E-state index in [1.165, 1.54) is 12.1 Å². The summed E-state index contributed by atoms with van der Waals surface area (Å²) in [6.45, 7) is 2.93. The number of aromatic hydroxyl groups is 1. The molecule has 3 atom stereocenters. The van der Waals surface area contributed by atoms with E-state index in [1.54, 1.807) is 50.2 Å². The van der Waals surface area contributed by atoms with Crippen molar-refractivity contribution in [3.63, 3.8) is 0 Å². The quantitative estimate of drug-likeness (QED) is 0.252. The number of amides is 3. The monoisotopic (exact) mass is 484 g/mol. The van der Waals surface area contributed by atoms with Crippen molar-refractivity contribution in [1.82, 2.24) is 16.0 Å². The SMILES string of the molecule is CC(C)C(NC(=O)C(Cc1ccccc1)NC(=O)CNC(=O)C(N)Cc1ccc(O)cc1)C(=O)O. The second-order valence-corrected chi connectivity index (χ2v) is 8.57. The largest absolute Gasteiger partial charge is 0.508 e. The van der Waals surface area contributed by atoms with Crippen LogP contribution in [0.1, 0.15) is 25.0 Å². The minimum atomic E-state index is -1.17. The molecule has 0 saturated heterocycles. The van der Waals surface area contributed by atoms with E-state index < -0.39 is 48.4 Å². The van der Waals surface area contributed by atoms with E-state index in [4.69, 9.17) is 5.73 Å². The summed E-state index contributed by atoms with van der Waals surface area (Å²) in [6, 6.07) is 12.1. The Bertz CT molecular complexity index is 1010. The molecule has 0 aromatic heterocycles. The van der Waals surface area contributed by atoms with E-state index in [9.17, 15) is 29.4 Å². The van der Waals surface area contributed by atoms with Crippen molar-refractivity contribution in [1.29, 1.82) is 0 Å². The lowest BCUT2D eigenvalue weighted by molar-refractivity contribution is -0.143. The zero-order valence-electron chi connectivity index (χ0n) is 19.7. The molecular formula is C25H32N4O6. The third-order valence-corrected chi connectivity index (χ3v) is 5.32. The van der Waals surface area contributed by atoms with Gasteiger partial charge in [0.1, 0.15) is 17.8 Å². The van der Waals surface area contributed by atoms with E-state index in [2.05, 4.69) is 16.0 Å². The van der Waals surface area contributed by atoms with E-state index in [0.29, 0.717) is 0 Å². The van der Waals surface area contributed by atoms with E-state index in [1.807, 2.05) is 6.07 Å². The lowest BCUT2D eigenvalue weighted by atomic mass is 10.0. The number of hydrogen-bond donors (Lipinski definition) is 6. The summed E-state index contributed by atoms with van der Waals surface area (Å²) in [5.74, 6) is -3.25. The zero-order chi connectivity index (χ0) is 26.0. The number of rotatable bonds is 12. The molecule has 0 bridgehead atoms. The number of carbonyl (C=O) groups is 4. The minimum Gasteiger partial charge on any atom is -0.508 e. The molecule has 2 rings (SSSR count). The second kappa shape index (κ2) is 13.1. The number of carboxylic acids is 1. The highest BCUT2D eigenvalue weighted by Crippen LogP contribution is 2.11. The number of carbonyl (C=O) groups excluding carboxylic acids is 3. The summed E-state index contributed by atoms with van der Waals surface area (Å²) in [5.41, 5.74) is 7.42. The number of nitrogens with one attached hydrogen (secondary N) is 3. The molecule has 188 valence electrons. The molecule has 0 spiro atoms. The van der Waals surface area contributed by atoms with Crippen molar-refractivity contribution in [3.8, 4) is 5.75 Å². The molecule has 2 aromatic rings. The number of phenolic OH excluding ortho intramolecular Hbond substituents is 1. The Hall–Kier alpha value is -3.92. The van der Waals surface area contributed by atoms with Gasteiger partial charge in [-0.2, -0.15) is 0 Å². The lowest BCUT2D eigenvalue weighted by Crippen LogP contribution is -2.55. The highest BCUT2D eigenvalue weighted by Gasteiger charge is 2.28. The zero-order valence-corrected chi connectivity index (χ0v) is 19.7. The van der Waals surface area contributed by atoms with Gasteiger partial charge in [0, 0.05) is 6.42 Å². The molecule has 0 heterocycles. The van der Waals surface area contributed by atoms with Gasteiger partial charge in [0.15, 0.2) is 0 Å². The van der Waals surface area contributed by atoms with E-state index >= 15 is 0 Å². The molecule has 0 radical (unpaired) electrons. The van der Waals surface area contributed by atoms with Crippen LogP contribution in [0.4, 0.5) is 0 Å². The number of aliphatic carboxylic acids is 1. The predicted octanol–water partition coefficient (Wildman–Crippen LogP) is 0.331. The molecule has 0 aliphatic rings. The summed E-state index contributed by atoms with van der Waals surface area (Å²) >= 11 is 0. The van der Waals surface area contributed by atoms with Crippen LogP contribution >= 0.6 is 0 Å². The topological polar surface area (TPSA) is 171 Å². The highest BCUT2D eigenvalue weighted by molar-refractivity contribution is 5.92. The summed E-state index contributed by atoms with van der Waals surface area (Å²) in [5, 5.41) is 26.2. The van der Waals surface area contributed by atoms with Crippen LogP contribution in [0.3, 0.4) is 0 Å². The molecule has 3 amide bonds. The molecule has 35 heavy (non-hydrogen) atoms. The van der Waals surface area contributed by atoms with Gasteiger partial charge in [0.25, 0.3) is 0 Å². The maximum absolute atomic E-state index is 12.9. The van der Waals surface area contributed by atoms with Gasteiger partial charge in [-0.25, -0.2) is 4.79 Å². The second-order valence-electron chi connectivity index (χ2n) is 8.57. The van der Waals surface area contributed by atoms with Crippen molar-refractivity contribution in [2.75, 3.05) is 6.54 Å². The first-order chi connectivity index (χ1) is 16.6. The van der Waals surface area contributed by atoms with E-state index in [-0.39, 0.29) is 24.5 Å². The van der Waals surface area contributed by atoms with Crippen molar-refractivity contribution in [2.45, 2.75) is 44.8 Å². The fourth-order valence-corrected chi connectivity index (χ4v) is 3.35. The van der Waals surface area contributed by atoms with Gasteiger partial charge in [0.2, 0.25) is 17.7 Å². The maximum Gasteiger partial charge on any atom is 0.326 e. The standard InChI is InChI=1S/C25H32N4O6/c1-15(2)22(25(34)35)29-24(33)20(13-16-6-4-3-5-7-16)28-21(31)14-27-23(32)19(26)12-17-8-10-18(30)11-9-17/h3-11,15,19-20,22,30H,12-14,26H2,1-2H3,(H,27,32)(H,28,31)(H,29,33)(H,34,35). The van der Waals surface area contributed by atoms with Crippen LogP contribution in [0.15, 0.2) is 54.6 Å². The molecule has 0 aliphatic carbocycles. The van der Waals surface area contributed by atoms with Crippen LogP contribution in [-0.2, 0) is 32.0 Å². The maximum atomic E-state index is 12.9. The Morgan fingerprint density at radius 1 is 0.857 bits per heavy atom. The van der Waals surface area contributed by atoms with Crippen LogP contribution in [0, 0.1) is 5.92 Å². The number of nitrogens with two attached hydrogens (primary N) is 1. The minimum absolute atomic E-state index is 0.0978. The third-order valence-electron chi connectivity index (χ3n) is 5.32. The van der Waals surface area contributed by atoms with Crippen molar-refractivity contribution in [2.24, 2.45) is 11.7 Å². The van der Waals surface area contributed by atoms with Crippen molar-refractivity contribution < 1.29 is 29.4 Å². The molecule has 10 nitrogen and oxygen atoms in total. The molecular weight excluding hydrogens is 452 g/mol. The van der Waals surface area contributed by atoms with Crippen LogP contribution in [0.25, 0.3) is 0 Å². The van der Waals surface area contributed by atoms with Crippen LogP contribution in [0.2, 0.25) is 0 Å². The van der Waals surface area contributed by atoms with Crippen LogP contribution in [-0.4, -0.2) is 58.6 Å². The third kappa shape index (κ3) is 9.09. The van der Waals surface area contributed by atoms with Crippen molar-refractivity contribution in [3.05, 3.63) is 65.7 Å². The lowest BCUT2D eigenvalue weighted by Gasteiger charge is -2.23. The van der Waals surface area contributed by atoms with Gasteiger partial charge in [-0.3, -0.25) is 14.4 Å². The average molecular weight is 485 g/mol. The fraction of sp³-hybridized carbons (Fsp3) is 0.360. The van der Waals surface area contributed by atoms with E-state index in [0.717, 1.165) is 11.1 Å². The molecule has 0 fully saturated rings. The molecule has 3 unspecified atom stereocenters. The molecule has 2 aromatic carbocycles. The molecule has 10 heteroatoms. The first-order valence-electron chi connectivity index (χ1n) is 11.2. The summed E-state index contributed by atoms with van der Waals surface area (Å²) in [7, 11) is 0. The number of phenols is 1. The fourth-order valence-electron chi connectivity index (χ4n) is 3.35. The van der Waals surface area contributed by atoms with Gasteiger partial charge in [-0.05, 0) is 35.6 Å². The predicted molar refractivity (Wildman–Crippen MR) is 129 cm³/mol. The smallest absolute Gasteiger partial charge is 0.326 e. The van der Waals surface area contributed by atoms with Crippen LogP contribution in [0.5, 0.6) is 5.75 Å². The normalized spacial score (nSPS) is 13.4. The summed E-state index contributed by atoms with van der Waals surface area (Å²) in [4.78, 5) is 49.2. The number of carboxylic acid groups (broad SMARTS) is 1. The highest BCUT2D eigenvalue weighted by atomic mass is 16.4. The van der Waals surface area contributed by atoms with Crippen molar-refractivity contribution >= 4 is 23.7 Å². The van der Waals surface area contributed by atoms with Gasteiger partial charge in [-0.1, -0.05) is 56.3 Å². The molecule has 7 N–H and O–H groups in total. The molecule has 0 saturated carbocycles. The Morgan fingerprint density at radius 3 is 2.03 bits per heavy atom. The molecule has 0 aliphatic heterocycles. The summed E-state index contributed by atoms with van der Waals surface area (Å²) < 4.78 is 0. The van der Waals surface area contributed by atoms with Gasteiger partial charge in [-0.15, -0.1) is 0 Å². The number of benzene rings is 2. The first kappa shape index (κ1) is 27.3. The Balaban J connectivity index is 1.98. The Kier molecular flexibility index (Phi) is 10.2. The Labute approximate surface area is 203 Å². The average Bonchev–Trinajstić information content (AvgIpc) is 2.82. The number of hydrogen-bond acceptors (Lipinski definition) is 6. The van der Waals surface area contributed by atoms with Gasteiger partial charge in [0.05, 0.1) is 12.6 Å². The van der Waals surface area contributed by atoms with Gasteiger partial charge >= 0.3 is 5.97 Å². The van der Waals surface area contributed by atoms with Gasteiger partial charge < -0.3 is 31.9 Å².